The summed E-state index contributed by atoms with van der Waals surface area (Å²) < 4.78 is 13.2. The Balaban J connectivity index is 1.99. The van der Waals surface area contributed by atoms with E-state index in [1.807, 2.05) is 35.2 Å². The Morgan fingerprint density at radius 3 is 1.96 bits per heavy atom. The molecule has 0 unspecified atom stereocenters. The smallest absolute Gasteiger partial charge is 0.258 e. The third-order valence-corrected chi connectivity index (χ3v) is 6.37. The highest BCUT2D eigenvalue weighted by atomic mass is 19.1. The van der Waals surface area contributed by atoms with Crippen LogP contribution in [0.2, 0.25) is 0 Å². The summed E-state index contributed by atoms with van der Waals surface area (Å²) in [6.07, 6.45) is 0. The first kappa shape index (κ1) is 17.7. The molecule has 1 aliphatic carbocycles. The largest absolute Gasteiger partial charge is 0.305 e. The predicted octanol–water partition coefficient (Wildman–Crippen LogP) is 5.54. The van der Waals surface area contributed by atoms with Crippen LogP contribution in [-0.2, 0) is 0 Å². The van der Waals surface area contributed by atoms with E-state index in [4.69, 9.17) is 0 Å². The Labute approximate surface area is 149 Å². The lowest BCUT2D eigenvalue weighted by atomic mass is 10.0. The van der Waals surface area contributed by atoms with E-state index in [1.165, 1.54) is 12.1 Å². The molecule has 1 aliphatic rings. The van der Waals surface area contributed by atoms with Crippen LogP contribution in [-0.4, -0.2) is 11.9 Å². The zero-order chi connectivity index (χ0) is 18.4. The summed E-state index contributed by atoms with van der Waals surface area (Å²) in [6, 6.07) is 15.6. The van der Waals surface area contributed by atoms with Gasteiger partial charge in [-0.15, -0.1) is 0 Å². The lowest BCUT2D eigenvalue weighted by Crippen LogP contribution is -2.41. The second-order valence-electron chi connectivity index (χ2n) is 8.18. The molecule has 0 N–H and O–H groups in total. The summed E-state index contributed by atoms with van der Waals surface area (Å²) in [5, 5.41) is 0. The van der Waals surface area contributed by atoms with E-state index >= 15 is 0 Å². The summed E-state index contributed by atoms with van der Waals surface area (Å²) in [5.74, 6) is -0.0258. The minimum Gasteiger partial charge on any atom is -0.305 e. The number of para-hydroxylation sites is 1. The van der Waals surface area contributed by atoms with Crippen LogP contribution >= 0.6 is 0 Å². The maximum absolute atomic E-state index is 13.3. The van der Waals surface area contributed by atoms with E-state index in [2.05, 4.69) is 34.6 Å². The third-order valence-electron chi connectivity index (χ3n) is 6.37. The minimum absolute atomic E-state index is 0.0463. The Bertz CT molecular complexity index is 750. The Morgan fingerprint density at radius 2 is 1.48 bits per heavy atom. The molecular formula is C22H26FNO. The van der Waals surface area contributed by atoms with Gasteiger partial charge in [0.25, 0.3) is 5.91 Å². The van der Waals surface area contributed by atoms with Crippen LogP contribution in [0.1, 0.15) is 45.0 Å². The molecule has 1 fully saturated rings. The van der Waals surface area contributed by atoms with E-state index < -0.39 is 0 Å². The second kappa shape index (κ2) is 5.98. The number of nitrogens with zero attached hydrogens (tertiary/aromatic N) is 1. The molecule has 3 heteroatoms. The fourth-order valence-corrected chi connectivity index (χ4v) is 4.46. The van der Waals surface area contributed by atoms with Crippen molar-refractivity contribution in [3.05, 3.63) is 66.0 Å². The molecule has 0 spiro atoms. The summed E-state index contributed by atoms with van der Waals surface area (Å²) in [7, 11) is 0. The van der Waals surface area contributed by atoms with Crippen molar-refractivity contribution in [3.8, 4) is 0 Å². The maximum Gasteiger partial charge on any atom is 0.258 e. The predicted molar refractivity (Wildman–Crippen MR) is 100 cm³/mol. The van der Waals surface area contributed by atoms with Crippen molar-refractivity contribution in [1.29, 1.82) is 0 Å². The van der Waals surface area contributed by atoms with E-state index in [1.54, 1.807) is 12.1 Å². The van der Waals surface area contributed by atoms with Gasteiger partial charge in [0.05, 0.1) is 0 Å². The lowest BCUT2D eigenvalue weighted by Gasteiger charge is -2.31. The second-order valence-corrected chi connectivity index (χ2v) is 8.18. The molecule has 1 atom stereocenters. The van der Waals surface area contributed by atoms with Crippen LogP contribution in [0, 0.1) is 22.6 Å². The van der Waals surface area contributed by atoms with Crippen molar-refractivity contribution in [3.63, 3.8) is 0 Å². The average Bonchev–Trinajstić information content (AvgIpc) is 2.98. The standard InChI is InChI=1S/C22H26FNO/c1-15(19-21(2,3)22(19,4)5)24(18-9-7-6-8-10-18)20(25)16-11-13-17(23)14-12-16/h6-15,19H,1-5H3/t15-/m1/s1. The van der Waals surface area contributed by atoms with Crippen molar-refractivity contribution in [1.82, 2.24) is 0 Å². The molecule has 1 amide bonds. The van der Waals surface area contributed by atoms with Gasteiger partial charge in [0.2, 0.25) is 0 Å². The van der Waals surface area contributed by atoms with Gasteiger partial charge in [-0.1, -0.05) is 45.9 Å². The molecule has 0 aliphatic heterocycles. The number of anilines is 1. The molecule has 25 heavy (non-hydrogen) atoms. The van der Waals surface area contributed by atoms with Gasteiger partial charge in [-0.05, 0) is 60.1 Å². The summed E-state index contributed by atoms with van der Waals surface area (Å²) in [5.41, 5.74) is 1.72. The van der Waals surface area contributed by atoms with Crippen molar-refractivity contribution in [2.45, 2.75) is 40.7 Å². The molecule has 0 saturated heterocycles. The Hall–Kier alpha value is -2.16. The van der Waals surface area contributed by atoms with Gasteiger partial charge < -0.3 is 4.90 Å². The molecule has 2 nitrogen and oxygen atoms in total. The Kier molecular flexibility index (Phi) is 4.22. The van der Waals surface area contributed by atoms with Crippen LogP contribution in [0.25, 0.3) is 0 Å². The third kappa shape index (κ3) is 2.86. The number of amides is 1. The van der Waals surface area contributed by atoms with E-state index in [-0.39, 0.29) is 28.6 Å². The van der Waals surface area contributed by atoms with Crippen LogP contribution in [0.4, 0.5) is 10.1 Å². The fourth-order valence-electron chi connectivity index (χ4n) is 4.46. The minimum atomic E-state index is -0.333. The molecule has 3 rings (SSSR count). The highest BCUT2D eigenvalue weighted by Crippen LogP contribution is 2.70. The zero-order valence-electron chi connectivity index (χ0n) is 15.6. The van der Waals surface area contributed by atoms with Gasteiger partial charge in [0.15, 0.2) is 0 Å². The highest BCUT2D eigenvalue weighted by molar-refractivity contribution is 6.06. The molecule has 0 heterocycles. The van der Waals surface area contributed by atoms with Crippen LogP contribution < -0.4 is 4.90 Å². The van der Waals surface area contributed by atoms with Gasteiger partial charge in [-0.25, -0.2) is 4.39 Å². The molecule has 2 aromatic carbocycles. The van der Waals surface area contributed by atoms with E-state index in [0.29, 0.717) is 11.5 Å². The van der Waals surface area contributed by atoms with Crippen molar-refractivity contribution < 1.29 is 9.18 Å². The summed E-state index contributed by atoms with van der Waals surface area (Å²) in [6.45, 7) is 11.2. The molecule has 0 aromatic heterocycles. The van der Waals surface area contributed by atoms with Gasteiger partial charge in [-0.3, -0.25) is 4.79 Å². The van der Waals surface area contributed by atoms with Gasteiger partial charge in [-0.2, -0.15) is 0 Å². The monoisotopic (exact) mass is 339 g/mol. The quantitative estimate of drug-likeness (QED) is 0.716. The number of carbonyl (C=O) groups excluding carboxylic acids is 1. The first-order chi connectivity index (χ1) is 11.7. The highest BCUT2D eigenvalue weighted by Gasteiger charge is 2.67. The van der Waals surface area contributed by atoms with E-state index in [9.17, 15) is 9.18 Å². The number of rotatable bonds is 4. The van der Waals surface area contributed by atoms with Crippen molar-refractivity contribution in [2.75, 3.05) is 4.90 Å². The maximum atomic E-state index is 13.3. The van der Waals surface area contributed by atoms with E-state index in [0.717, 1.165) is 5.69 Å². The zero-order valence-corrected chi connectivity index (χ0v) is 15.6. The number of benzene rings is 2. The molecular weight excluding hydrogens is 313 g/mol. The van der Waals surface area contributed by atoms with Crippen LogP contribution in [0.3, 0.4) is 0 Å². The number of hydrogen-bond donors (Lipinski definition) is 0. The number of halogens is 1. The Morgan fingerprint density at radius 1 is 0.960 bits per heavy atom. The SMILES string of the molecule is C[C@H](C1C(C)(C)C1(C)C)N(C(=O)c1ccc(F)cc1)c1ccccc1. The fraction of sp³-hybridized carbons (Fsp3) is 0.409. The van der Waals surface area contributed by atoms with Crippen LogP contribution in [0.5, 0.6) is 0 Å². The van der Waals surface area contributed by atoms with Gasteiger partial charge in [0.1, 0.15) is 5.82 Å². The van der Waals surface area contributed by atoms with Crippen molar-refractivity contribution >= 4 is 11.6 Å². The molecule has 2 aromatic rings. The normalized spacial score (nSPS) is 19.3. The molecule has 0 bridgehead atoms. The van der Waals surface area contributed by atoms with Crippen molar-refractivity contribution in [2.24, 2.45) is 16.7 Å². The first-order valence-electron chi connectivity index (χ1n) is 8.82. The summed E-state index contributed by atoms with van der Waals surface area (Å²) >= 11 is 0. The average molecular weight is 339 g/mol. The summed E-state index contributed by atoms with van der Waals surface area (Å²) in [4.78, 5) is 15.1. The van der Waals surface area contributed by atoms with Gasteiger partial charge >= 0.3 is 0 Å². The molecule has 1 saturated carbocycles. The van der Waals surface area contributed by atoms with Gasteiger partial charge in [0, 0.05) is 17.3 Å². The van der Waals surface area contributed by atoms with Crippen LogP contribution in [0.15, 0.2) is 54.6 Å². The molecule has 132 valence electrons. The number of hydrogen-bond acceptors (Lipinski definition) is 1. The number of carbonyl (C=O) groups is 1. The topological polar surface area (TPSA) is 20.3 Å². The molecule has 0 radical (unpaired) electrons. The first-order valence-corrected chi connectivity index (χ1v) is 8.82. The lowest BCUT2D eigenvalue weighted by molar-refractivity contribution is 0.0973.